The Morgan fingerprint density at radius 2 is 1.78 bits per heavy atom. The van der Waals surface area contributed by atoms with E-state index in [-0.39, 0.29) is 56.5 Å². The van der Waals surface area contributed by atoms with Crippen LogP contribution < -0.4 is 14.2 Å². The normalized spacial score (nSPS) is 11.3. The number of fused-ring (bicyclic) bond motifs is 1. The van der Waals surface area contributed by atoms with Crippen LogP contribution in [0.5, 0.6) is 17.2 Å². The van der Waals surface area contributed by atoms with Crippen molar-refractivity contribution in [2.45, 2.75) is 25.2 Å². The van der Waals surface area contributed by atoms with E-state index in [9.17, 15) is 18.0 Å². The van der Waals surface area contributed by atoms with Crippen LogP contribution in [0, 0.1) is 6.92 Å². The Hall–Kier alpha value is -4.00. The number of carbonyl (C=O) groups is 2. The number of nitrogens with one attached hydrogen (secondary N) is 1. The first kappa shape index (κ1) is 30.0. The molecule has 4 aromatic rings. The maximum atomic E-state index is 13.4. The summed E-state index contributed by atoms with van der Waals surface area (Å²) in [7, 11) is -1.54. The topological polar surface area (TPSA) is 135 Å². The number of sulfonamides is 1. The van der Waals surface area contributed by atoms with Gasteiger partial charge in [-0.1, -0.05) is 29.3 Å². The molecule has 11 nitrogen and oxygen atoms in total. The van der Waals surface area contributed by atoms with Gasteiger partial charge in [-0.25, -0.2) is 17.7 Å². The molecule has 2 aromatic carbocycles. The maximum Gasteiger partial charge on any atom is 0.342 e. The summed E-state index contributed by atoms with van der Waals surface area (Å²) in [5.74, 6) is -0.570. The minimum absolute atomic E-state index is 0.00397. The molecule has 4 rings (SSSR count). The summed E-state index contributed by atoms with van der Waals surface area (Å²) in [5.41, 5.74) is 1.43. The van der Waals surface area contributed by atoms with Crippen LogP contribution in [0.3, 0.4) is 0 Å². The Kier molecular flexibility index (Phi) is 8.95. The number of carbonyl (C=O) groups excluding carboxylic acids is 2. The van der Waals surface area contributed by atoms with Crippen molar-refractivity contribution in [2.24, 2.45) is 0 Å². The van der Waals surface area contributed by atoms with Crippen LogP contribution >= 0.6 is 23.2 Å². The number of rotatable bonds is 10. The van der Waals surface area contributed by atoms with E-state index in [1.807, 2.05) is 0 Å². The van der Waals surface area contributed by atoms with Gasteiger partial charge >= 0.3 is 11.9 Å². The first-order valence-corrected chi connectivity index (χ1v) is 14.3. The number of aryl methyl sites for hydroxylation is 1. The number of hydrogen-bond acceptors (Lipinski definition) is 9. The van der Waals surface area contributed by atoms with Crippen LogP contribution in [0.25, 0.3) is 5.52 Å². The number of anilines is 1. The number of aromatic nitrogens is 2. The molecule has 0 saturated carbocycles. The number of ether oxygens (including phenoxy) is 4. The lowest BCUT2D eigenvalue weighted by Crippen LogP contribution is -2.15. The van der Waals surface area contributed by atoms with Gasteiger partial charge in [0.2, 0.25) is 0 Å². The van der Waals surface area contributed by atoms with Crippen molar-refractivity contribution in [3.8, 4) is 17.2 Å². The zero-order valence-corrected chi connectivity index (χ0v) is 24.7. The molecule has 0 aliphatic rings. The summed E-state index contributed by atoms with van der Waals surface area (Å²) in [5, 5.41) is 4.53. The van der Waals surface area contributed by atoms with E-state index in [0.717, 1.165) is 0 Å². The monoisotopic (exact) mass is 621 g/mol. The SMILES string of the molecule is CCOC(=O)c1c(C)nn2cc(NS(=O)(=O)c3ccc(Cl)cc3Cl)c(Oc3ccc(CC(=O)OC)cc3OC)cc12. The zero-order valence-electron chi connectivity index (χ0n) is 22.4. The molecule has 14 heteroatoms. The average molecular weight is 622 g/mol. The van der Waals surface area contributed by atoms with Gasteiger partial charge in [-0.3, -0.25) is 9.52 Å². The predicted molar refractivity (Wildman–Crippen MR) is 152 cm³/mol. The van der Waals surface area contributed by atoms with Crippen molar-refractivity contribution in [1.82, 2.24) is 9.61 Å². The fraction of sp³-hybridized carbons (Fsp3) is 0.222. The number of methoxy groups -OCH3 is 2. The van der Waals surface area contributed by atoms with Crippen molar-refractivity contribution >= 4 is 56.4 Å². The van der Waals surface area contributed by atoms with Gasteiger partial charge in [0.25, 0.3) is 10.0 Å². The molecule has 0 spiro atoms. The van der Waals surface area contributed by atoms with Crippen molar-refractivity contribution in [3.05, 3.63) is 75.5 Å². The van der Waals surface area contributed by atoms with Crippen LogP contribution in [0.4, 0.5) is 5.69 Å². The molecule has 0 aliphatic carbocycles. The van der Waals surface area contributed by atoms with Crippen LogP contribution in [-0.2, 0) is 30.7 Å². The van der Waals surface area contributed by atoms with Gasteiger partial charge in [0, 0.05) is 11.1 Å². The number of pyridine rings is 1. The molecule has 0 saturated heterocycles. The first-order chi connectivity index (χ1) is 19.5. The summed E-state index contributed by atoms with van der Waals surface area (Å²) >= 11 is 12.1. The summed E-state index contributed by atoms with van der Waals surface area (Å²) in [6.07, 6.45) is 1.36. The lowest BCUT2D eigenvalue weighted by molar-refractivity contribution is -0.139. The Morgan fingerprint density at radius 1 is 1.02 bits per heavy atom. The largest absolute Gasteiger partial charge is 0.493 e. The third-order valence-corrected chi connectivity index (χ3v) is 7.92. The van der Waals surface area contributed by atoms with E-state index in [1.54, 1.807) is 32.0 Å². The molecule has 0 unspecified atom stereocenters. The van der Waals surface area contributed by atoms with Crippen LogP contribution in [0.15, 0.2) is 53.6 Å². The van der Waals surface area contributed by atoms with Gasteiger partial charge in [0.1, 0.15) is 16.1 Å². The summed E-state index contributed by atoms with van der Waals surface area (Å²) < 4.78 is 52.1. The number of benzene rings is 2. The van der Waals surface area contributed by atoms with Crippen LogP contribution in [0.2, 0.25) is 10.0 Å². The number of esters is 2. The molecule has 41 heavy (non-hydrogen) atoms. The molecule has 0 radical (unpaired) electrons. The second-order valence-electron chi connectivity index (χ2n) is 8.58. The van der Waals surface area contributed by atoms with E-state index in [0.29, 0.717) is 16.8 Å². The van der Waals surface area contributed by atoms with E-state index in [1.165, 1.54) is 49.2 Å². The molecular weight excluding hydrogens is 597 g/mol. The Morgan fingerprint density at radius 3 is 2.44 bits per heavy atom. The Balaban J connectivity index is 1.85. The average Bonchev–Trinajstić information content (AvgIpc) is 3.23. The fourth-order valence-electron chi connectivity index (χ4n) is 3.96. The summed E-state index contributed by atoms with van der Waals surface area (Å²) in [6.45, 7) is 3.45. The quantitative estimate of drug-likeness (QED) is 0.229. The molecule has 0 atom stereocenters. The molecule has 0 bridgehead atoms. The lowest BCUT2D eigenvalue weighted by atomic mass is 10.1. The fourth-order valence-corrected chi connectivity index (χ4v) is 5.79. The molecule has 2 aromatic heterocycles. The van der Waals surface area contributed by atoms with Crippen molar-refractivity contribution < 1.29 is 37.0 Å². The molecular formula is C27H25Cl2N3O8S. The third kappa shape index (κ3) is 6.50. The van der Waals surface area contributed by atoms with Gasteiger partial charge in [0.15, 0.2) is 17.2 Å². The standard InChI is InChI=1S/C27H25Cl2N3O8S/c1-5-39-27(34)26-15(2)30-32-14-19(31-41(35,36)24-9-7-17(28)12-18(24)29)22(13-20(26)32)40-21-8-6-16(10-23(21)37-3)11-25(33)38-4/h6-10,12-14,31H,5,11H2,1-4H3. The van der Waals surface area contributed by atoms with E-state index < -0.39 is 22.0 Å². The molecule has 2 heterocycles. The highest BCUT2D eigenvalue weighted by molar-refractivity contribution is 7.92. The van der Waals surface area contributed by atoms with Gasteiger partial charge in [-0.05, 0) is 49.7 Å². The van der Waals surface area contributed by atoms with Crippen molar-refractivity contribution in [2.75, 3.05) is 25.5 Å². The number of hydrogen-bond donors (Lipinski definition) is 1. The molecule has 216 valence electrons. The van der Waals surface area contributed by atoms with Crippen molar-refractivity contribution in [3.63, 3.8) is 0 Å². The highest BCUT2D eigenvalue weighted by Crippen LogP contribution is 2.39. The minimum atomic E-state index is -4.25. The van der Waals surface area contributed by atoms with E-state index in [2.05, 4.69) is 9.82 Å². The summed E-state index contributed by atoms with van der Waals surface area (Å²) in [4.78, 5) is 24.2. The number of halogens is 2. The minimum Gasteiger partial charge on any atom is -0.493 e. The Bertz CT molecular complexity index is 1760. The first-order valence-electron chi connectivity index (χ1n) is 12.1. The highest BCUT2D eigenvalue weighted by atomic mass is 35.5. The van der Waals surface area contributed by atoms with Gasteiger partial charge in [0.05, 0.1) is 49.7 Å². The van der Waals surface area contributed by atoms with E-state index in [4.69, 9.17) is 42.1 Å². The van der Waals surface area contributed by atoms with Crippen molar-refractivity contribution in [1.29, 1.82) is 0 Å². The molecule has 0 aliphatic heterocycles. The lowest BCUT2D eigenvalue weighted by Gasteiger charge is -2.17. The molecule has 1 N–H and O–H groups in total. The molecule has 0 amide bonds. The van der Waals surface area contributed by atoms with Crippen LogP contribution in [-0.4, -0.2) is 50.8 Å². The zero-order chi connectivity index (χ0) is 29.9. The molecule has 0 fully saturated rings. The second-order valence-corrected chi connectivity index (χ2v) is 11.1. The smallest absolute Gasteiger partial charge is 0.342 e. The number of nitrogens with zero attached hydrogens (tertiary/aromatic N) is 2. The van der Waals surface area contributed by atoms with Gasteiger partial charge in [-0.15, -0.1) is 0 Å². The van der Waals surface area contributed by atoms with Gasteiger partial charge < -0.3 is 18.9 Å². The third-order valence-electron chi connectivity index (χ3n) is 5.84. The maximum absolute atomic E-state index is 13.4. The Labute approximate surface area is 245 Å². The van der Waals surface area contributed by atoms with Gasteiger partial charge in [-0.2, -0.15) is 5.10 Å². The van der Waals surface area contributed by atoms with E-state index >= 15 is 0 Å². The van der Waals surface area contributed by atoms with Crippen LogP contribution in [0.1, 0.15) is 28.5 Å². The summed E-state index contributed by atoms with van der Waals surface area (Å²) in [6, 6.07) is 10.2. The highest BCUT2D eigenvalue weighted by Gasteiger charge is 2.25. The predicted octanol–water partition coefficient (Wildman–Crippen LogP) is 5.44. The second kappa shape index (κ2) is 12.2.